The van der Waals surface area contributed by atoms with Crippen molar-refractivity contribution >= 4 is 23.5 Å². The zero-order valence-corrected chi connectivity index (χ0v) is 16.9. The zero-order valence-electron chi connectivity index (χ0n) is 16.1. The summed E-state index contributed by atoms with van der Waals surface area (Å²) in [6.45, 7) is 4.51. The van der Waals surface area contributed by atoms with Crippen molar-refractivity contribution in [3.05, 3.63) is 59.1 Å². The molecule has 0 saturated heterocycles. The molecule has 3 rings (SSSR count). The molecule has 0 atom stereocenters. The second kappa shape index (κ2) is 8.89. The number of hydrogen-bond donors (Lipinski definition) is 1. The molecule has 1 heterocycles. The van der Waals surface area contributed by atoms with Gasteiger partial charge in [-0.3, -0.25) is 4.79 Å². The SMILES string of the molecule is COc1ccc(-c2nc(NCc3ccc(Cl)cc3)n(C(=O)CC(C)C)n2)cc1. The summed E-state index contributed by atoms with van der Waals surface area (Å²) in [5.74, 6) is 1.79. The lowest BCUT2D eigenvalue weighted by atomic mass is 10.1. The third kappa shape index (κ3) is 4.89. The van der Waals surface area contributed by atoms with Crippen molar-refractivity contribution in [2.24, 2.45) is 5.92 Å². The van der Waals surface area contributed by atoms with E-state index in [1.54, 1.807) is 7.11 Å². The van der Waals surface area contributed by atoms with E-state index in [0.717, 1.165) is 16.9 Å². The molecule has 0 saturated carbocycles. The fraction of sp³-hybridized carbons (Fsp3) is 0.286. The molecule has 0 aliphatic rings. The number of nitrogens with zero attached hydrogens (tertiary/aromatic N) is 3. The quantitative estimate of drug-likeness (QED) is 0.612. The van der Waals surface area contributed by atoms with Crippen molar-refractivity contribution in [3.8, 4) is 17.1 Å². The van der Waals surface area contributed by atoms with Gasteiger partial charge < -0.3 is 10.1 Å². The Hall–Kier alpha value is -2.86. The summed E-state index contributed by atoms with van der Waals surface area (Å²) in [5.41, 5.74) is 1.84. The molecule has 0 radical (unpaired) electrons. The number of methoxy groups -OCH3 is 1. The van der Waals surface area contributed by atoms with Crippen LogP contribution in [0.2, 0.25) is 5.02 Å². The molecule has 1 N–H and O–H groups in total. The van der Waals surface area contributed by atoms with E-state index in [-0.39, 0.29) is 11.8 Å². The lowest BCUT2D eigenvalue weighted by Gasteiger charge is -2.08. The van der Waals surface area contributed by atoms with Crippen LogP contribution in [0, 0.1) is 5.92 Å². The topological polar surface area (TPSA) is 69.0 Å². The van der Waals surface area contributed by atoms with E-state index in [1.807, 2.05) is 62.4 Å². The maximum Gasteiger partial charge on any atom is 0.250 e. The summed E-state index contributed by atoms with van der Waals surface area (Å²) in [5, 5.41) is 8.34. The predicted octanol–water partition coefficient (Wildman–Crippen LogP) is 4.91. The molecule has 0 fully saturated rings. The Balaban J connectivity index is 1.87. The Kier molecular flexibility index (Phi) is 6.31. The smallest absolute Gasteiger partial charge is 0.250 e. The van der Waals surface area contributed by atoms with Gasteiger partial charge in [0, 0.05) is 23.6 Å². The van der Waals surface area contributed by atoms with Gasteiger partial charge in [0.15, 0.2) is 5.82 Å². The van der Waals surface area contributed by atoms with E-state index in [2.05, 4.69) is 15.4 Å². The van der Waals surface area contributed by atoms with Gasteiger partial charge in [0.2, 0.25) is 11.9 Å². The van der Waals surface area contributed by atoms with Crippen LogP contribution < -0.4 is 10.1 Å². The van der Waals surface area contributed by atoms with Gasteiger partial charge in [0.25, 0.3) is 0 Å². The van der Waals surface area contributed by atoms with Gasteiger partial charge in [0.1, 0.15) is 5.75 Å². The third-order valence-electron chi connectivity index (χ3n) is 4.14. The Labute approximate surface area is 169 Å². The molecule has 7 heteroatoms. The van der Waals surface area contributed by atoms with Crippen LogP contribution in [-0.4, -0.2) is 27.8 Å². The zero-order chi connectivity index (χ0) is 20.1. The van der Waals surface area contributed by atoms with E-state index in [9.17, 15) is 4.79 Å². The molecule has 0 spiro atoms. The highest BCUT2D eigenvalue weighted by atomic mass is 35.5. The molecular weight excluding hydrogens is 376 g/mol. The second-order valence-corrected chi connectivity index (χ2v) is 7.31. The van der Waals surface area contributed by atoms with Gasteiger partial charge in [-0.1, -0.05) is 37.6 Å². The highest BCUT2D eigenvalue weighted by molar-refractivity contribution is 6.30. The number of ether oxygens (including phenoxy) is 1. The lowest BCUT2D eigenvalue weighted by molar-refractivity contribution is 0.0873. The number of nitrogens with one attached hydrogen (secondary N) is 1. The maximum atomic E-state index is 12.7. The Bertz CT molecular complexity index is 934. The van der Waals surface area contributed by atoms with E-state index in [1.165, 1.54) is 4.68 Å². The van der Waals surface area contributed by atoms with E-state index in [0.29, 0.717) is 29.8 Å². The predicted molar refractivity (Wildman–Crippen MR) is 111 cm³/mol. The van der Waals surface area contributed by atoms with Gasteiger partial charge >= 0.3 is 0 Å². The van der Waals surface area contributed by atoms with Gasteiger partial charge in [-0.05, 0) is 47.9 Å². The Morgan fingerprint density at radius 3 is 2.43 bits per heavy atom. The molecular formula is C21H23ClN4O2. The van der Waals surface area contributed by atoms with Crippen LogP contribution in [0.1, 0.15) is 30.6 Å². The van der Waals surface area contributed by atoms with E-state index < -0.39 is 0 Å². The number of aromatic nitrogens is 3. The highest BCUT2D eigenvalue weighted by Gasteiger charge is 2.18. The van der Waals surface area contributed by atoms with Crippen LogP contribution in [0.4, 0.5) is 5.95 Å². The number of anilines is 1. The first-order valence-corrected chi connectivity index (χ1v) is 9.47. The largest absolute Gasteiger partial charge is 0.497 e. The van der Waals surface area contributed by atoms with Gasteiger partial charge in [-0.25, -0.2) is 0 Å². The number of rotatable bonds is 7. The number of carbonyl (C=O) groups is 1. The molecule has 0 bridgehead atoms. The normalized spacial score (nSPS) is 10.9. The highest BCUT2D eigenvalue weighted by Crippen LogP contribution is 2.22. The van der Waals surface area contributed by atoms with Crippen molar-refractivity contribution in [1.82, 2.24) is 14.8 Å². The third-order valence-corrected chi connectivity index (χ3v) is 4.39. The Morgan fingerprint density at radius 1 is 1.14 bits per heavy atom. The summed E-state index contributed by atoms with van der Waals surface area (Å²) in [6, 6.07) is 14.9. The minimum Gasteiger partial charge on any atom is -0.497 e. The summed E-state index contributed by atoms with van der Waals surface area (Å²) >= 11 is 5.94. The minimum atomic E-state index is -0.0964. The first-order chi connectivity index (χ1) is 13.5. The Morgan fingerprint density at radius 2 is 1.82 bits per heavy atom. The number of carbonyl (C=O) groups excluding carboxylic acids is 1. The molecule has 0 aliphatic heterocycles. The van der Waals surface area contributed by atoms with Crippen LogP contribution in [0.15, 0.2) is 48.5 Å². The monoisotopic (exact) mass is 398 g/mol. The molecule has 2 aromatic carbocycles. The van der Waals surface area contributed by atoms with Crippen molar-refractivity contribution < 1.29 is 9.53 Å². The minimum absolute atomic E-state index is 0.0964. The lowest BCUT2D eigenvalue weighted by Crippen LogP contribution is -2.18. The standard InChI is InChI=1S/C21H23ClN4O2/c1-14(2)12-19(27)26-21(23-13-15-4-8-17(22)9-5-15)24-20(25-26)16-6-10-18(28-3)11-7-16/h4-11,14H,12-13H2,1-3H3,(H,23,24,25). The molecule has 6 nitrogen and oxygen atoms in total. The molecule has 146 valence electrons. The molecule has 28 heavy (non-hydrogen) atoms. The summed E-state index contributed by atoms with van der Waals surface area (Å²) in [7, 11) is 1.62. The van der Waals surface area contributed by atoms with Gasteiger partial charge in [-0.2, -0.15) is 9.67 Å². The second-order valence-electron chi connectivity index (χ2n) is 6.87. The fourth-order valence-corrected chi connectivity index (χ4v) is 2.81. The average molecular weight is 399 g/mol. The van der Waals surface area contributed by atoms with Crippen molar-refractivity contribution in [1.29, 1.82) is 0 Å². The van der Waals surface area contributed by atoms with Crippen LogP contribution in [0.3, 0.4) is 0 Å². The summed E-state index contributed by atoms with van der Waals surface area (Å²) < 4.78 is 6.55. The van der Waals surface area contributed by atoms with Crippen molar-refractivity contribution in [2.45, 2.75) is 26.8 Å². The van der Waals surface area contributed by atoms with Crippen LogP contribution in [0.25, 0.3) is 11.4 Å². The van der Waals surface area contributed by atoms with Gasteiger partial charge in [-0.15, -0.1) is 5.10 Å². The van der Waals surface area contributed by atoms with Gasteiger partial charge in [0.05, 0.1) is 7.11 Å². The van der Waals surface area contributed by atoms with E-state index >= 15 is 0 Å². The van der Waals surface area contributed by atoms with Crippen LogP contribution in [-0.2, 0) is 6.54 Å². The van der Waals surface area contributed by atoms with Crippen molar-refractivity contribution in [3.63, 3.8) is 0 Å². The molecule has 1 aromatic heterocycles. The molecule has 0 unspecified atom stereocenters. The first-order valence-electron chi connectivity index (χ1n) is 9.09. The fourth-order valence-electron chi connectivity index (χ4n) is 2.68. The first kappa shape index (κ1) is 19.9. The van der Waals surface area contributed by atoms with Crippen LogP contribution in [0.5, 0.6) is 5.75 Å². The average Bonchev–Trinajstić information content (AvgIpc) is 3.11. The van der Waals surface area contributed by atoms with E-state index in [4.69, 9.17) is 16.3 Å². The maximum absolute atomic E-state index is 12.7. The molecule has 0 aliphatic carbocycles. The van der Waals surface area contributed by atoms with Crippen molar-refractivity contribution in [2.75, 3.05) is 12.4 Å². The van der Waals surface area contributed by atoms with Crippen LogP contribution >= 0.6 is 11.6 Å². The molecule has 3 aromatic rings. The molecule has 0 amide bonds. The summed E-state index contributed by atoms with van der Waals surface area (Å²) in [6.07, 6.45) is 0.390. The summed E-state index contributed by atoms with van der Waals surface area (Å²) in [4.78, 5) is 17.2. The number of halogens is 1. The number of hydrogen-bond acceptors (Lipinski definition) is 5. The number of benzene rings is 2.